The molecule has 0 aromatic carbocycles. The second-order valence-corrected chi connectivity index (χ2v) is 8.09. The Labute approximate surface area is 154 Å². The van der Waals surface area contributed by atoms with Crippen molar-refractivity contribution >= 4 is 55.5 Å². The van der Waals surface area contributed by atoms with Gasteiger partial charge in [-0.15, -0.1) is 22.7 Å². The van der Waals surface area contributed by atoms with Crippen LogP contribution < -0.4 is 10.6 Å². The third kappa shape index (κ3) is 4.11. The molecule has 0 saturated carbocycles. The normalized spacial score (nSPS) is 10.6. The lowest BCUT2D eigenvalue weighted by atomic mass is 10.3. The van der Waals surface area contributed by atoms with Crippen LogP contribution in [0.3, 0.4) is 0 Å². The molecule has 2 N–H and O–H groups in total. The van der Waals surface area contributed by atoms with E-state index in [9.17, 15) is 9.59 Å². The lowest BCUT2D eigenvalue weighted by Gasteiger charge is -1.98. The van der Waals surface area contributed by atoms with Crippen LogP contribution in [0.25, 0.3) is 11.5 Å². The average molecular weight is 426 g/mol. The monoisotopic (exact) mass is 425 g/mol. The number of thiazole rings is 1. The summed E-state index contributed by atoms with van der Waals surface area (Å²) in [4.78, 5) is 28.0. The topological polar surface area (TPSA) is 84.2 Å². The molecule has 2 amide bonds. The van der Waals surface area contributed by atoms with E-state index in [-0.39, 0.29) is 11.8 Å². The first-order valence-corrected chi connectivity index (χ1v) is 9.36. The van der Waals surface area contributed by atoms with Crippen molar-refractivity contribution in [3.05, 3.63) is 44.1 Å². The van der Waals surface area contributed by atoms with Crippen LogP contribution in [-0.2, 0) is 11.3 Å². The Morgan fingerprint density at radius 3 is 2.83 bits per heavy atom. The maximum absolute atomic E-state index is 12.1. The number of hydrogen-bond donors (Lipinski definition) is 2. The molecule has 0 fully saturated rings. The summed E-state index contributed by atoms with van der Waals surface area (Å²) in [6.45, 7) is 1.78. The zero-order chi connectivity index (χ0) is 17.1. The number of anilines is 1. The second-order valence-electron chi connectivity index (χ2n) is 4.77. The van der Waals surface area contributed by atoms with Gasteiger partial charge in [-0.2, -0.15) is 0 Å². The molecule has 0 saturated heterocycles. The van der Waals surface area contributed by atoms with Crippen LogP contribution in [0.1, 0.15) is 22.4 Å². The van der Waals surface area contributed by atoms with Crippen molar-refractivity contribution in [2.75, 3.05) is 5.32 Å². The fourth-order valence-corrected chi connectivity index (χ4v) is 3.84. The van der Waals surface area contributed by atoms with E-state index in [1.165, 1.54) is 29.6 Å². The molecule has 0 atom stereocenters. The predicted octanol–water partition coefficient (Wildman–Crippen LogP) is 4.12. The number of thiophene rings is 1. The van der Waals surface area contributed by atoms with Gasteiger partial charge in [0.15, 0.2) is 10.9 Å². The third-order valence-electron chi connectivity index (χ3n) is 2.95. The SMILES string of the molecule is CC(=O)NCc1ccc(-c2csc(NC(=O)c3ccc(Br)s3)n2)o1. The van der Waals surface area contributed by atoms with Crippen LogP contribution in [0.15, 0.2) is 37.8 Å². The van der Waals surface area contributed by atoms with Crippen LogP contribution in [-0.4, -0.2) is 16.8 Å². The molecular formula is C15H12BrN3O3S2. The molecule has 0 aliphatic carbocycles. The Kier molecular flexibility index (Phi) is 5.12. The smallest absolute Gasteiger partial charge is 0.267 e. The highest BCUT2D eigenvalue weighted by Crippen LogP contribution is 2.28. The molecule has 24 heavy (non-hydrogen) atoms. The summed E-state index contributed by atoms with van der Waals surface area (Å²) in [7, 11) is 0. The second kappa shape index (κ2) is 7.29. The molecule has 124 valence electrons. The van der Waals surface area contributed by atoms with Crippen molar-refractivity contribution in [3.8, 4) is 11.5 Å². The minimum atomic E-state index is -0.197. The van der Waals surface area contributed by atoms with E-state index in [0.29, 0.717) is 33.8 Å². The Bertz CT molecular complexity index is 884. The maximum atomic E-state index is 12.1. The number of rotatable bonds is 5. The van der Waals surface area contributed by atoms with Crippen LogP contribution in [0.5, 0.6) is 0 Å². The highest BCUT2D eigenvalue weighted by Gasteiger charge is 2.13. The number of aromatic nitrogens is 1. The van der Waals surface area contributed by atoms with Gasteiger partial charge in [-0.3, -0.25) is 14.9 Å². The summed E-state index contributed by atoms with van der Waals surface area (Å²) in [5, 5.41) is 7.74. The number of nitrogens with one attached hydrogen (secondary N) is 2. The first kappa shape index (κ1) is 16.9. The number of amides is 2. The number of nitrogens with zero attached hydrogens (tertiary/aromatic N) is 1. The lowest BCUT2D eigenvalue weighted by molar-refractivity contribution is -0.119. The van der Waals surface area contributed by atoms with Gasteiger partial charge in [-0.1, -0.05) is 0 Å². The Balaban J connectivity index is 1.67. The molecule has 3 aromatic rings. The van der Waals surface area contributed by atoms with Crippen molar-refractivity contribution in [2.24, 2.45) is 0 Å². The molecule has 0 radical (unpaired) electrons. The van der Waals surface area contributed by atoms with Crippen molar-refractivity contribution in [3.63, 3.8) is 0 Å². The van der Waals surface area contributed by atoms with Gasteiger partial charge in [0, 0.05) is 12.3 Å². The van der Waals surface area contributed by atoms with Crippen molar-refractivity contribution in [1.29, 1.82) is 0 Å². The van der Waals surface area contributed by atoms with Crippen molar-refractivity contribution in [2.45, 2.75) is 13.5 Å². The number of furan rings is 1. The van der Waals surface area contributed by atoms with Gasteiger partial charge >= 0.3 is 0 Å². The van der Waals surface area contributed by atoms with Gasteiger partial charge in [0.25, 0.3) is 5.91 Å². The number of hydrogen-bond acceptors (Lipinski definition) is 6. The zero-order valence-electron chi connectivity index (χ0n) is 12.5. The molecule has 0 unspecified atom stereocenters. The fourth-order valence-electron chi connectivity index (χ4n) is 1.86. The molecule has 6 nitrogen and oxygen atoms in total. The van der Waals surface area contributed by atoms with E-state index in [1.807, 2.05) is 6.07 Å². The van der Waals surface area contributed by atoms with E-state index in [1.54, 1.807) is 23.6 Å². The van der Waals surface area contributed by atoms with E-state index >= 15 is 0 Å². The van der Waals surface area contributed by atoms with Crippen LogP contribution in [0.2, 0.25) is 0 Å². The van der Waals surface area contributed by atoms with Crippen LogP contribution in [0, 0.1) is 0 Å². The van der Waals surface area contributed by atoms with Crippen LogP contribution in [0.4, 0.5) is 5.13 Å². The van der Waals surface area contributed by atoms with E-state index in [0.717, 1.165) is 3.79 Å². The summed E-state index contributed by atoms with van der Waals surface area (Å²) < 4.78 is 6.54. The fraction of sp³-hybridized carbons (Fsp3) is 0.133. The lowest BCUT2D eigenvalue weighted by Crippen LogP contribution is -2.18. The largest absolute Gasteiger partial charge is 0.458 e. The predicted molar refractivity (Wildman–Crippen MR) is 97.3 cm³/mol. The minimum Gasteiger partial charge on any atom is -0.458 e. The number of carbonyl (C=O) groups excluding carboxylic acids is 2. The highest BCUT2D eigenvalue weighted by atomic mass is 79.9. The van der Waals surface area contributed by atoms with Gasteiger partial charge in [0.1, 0.15) is 11.5 Å². The average Bonchev–Trinajstić information content (AvgIpc) is 3.24. The van der Waals surface area contributed by atoms with Crippen molar-refractivity contribution in [1.82, 2.24) is 10.3 Å². The highest BCUT2D eigenvalue weighted by molar-refractivity contribution is 9.11. The molecule has 0 bridgehead atoms. The summed E-state index contributed by atoms with van der Waals surface area (Å²) >= 11 is 6.01. The maximum Gasteiger partial charge on any atom is 0.267 e. The van der Waals surface area contributed by atoms with Crippen LogP contribution >= 0.6 is 38.6 Å². The number of carbonyl (C=O) groups is 2. The minimum absolute atomic E-state index is 0.119. The molecule has 0 spiro atoms. The van der Waals surface area contributed by atoms with E-state index in [4.69, 9.17) is 4.42 Å². The summed E-state index contributed by atoms with van der Waals surface area (Å²) in [6.07, 6.45) is 0. The van der Waals surface area contributed by atoms with Gasteiger partial charge in [0.2, 0.25) is 5.91 Å². The molecule has 0 aliphatic rings. The zero-order valence-corrected chi connectivity index (χ0v) is 15.7. The van der Waals surface area contributed by atoms with Crippen molar-refractivity contribution < 1.29 is 14.0 Å². The summed E-state index contributed by atoms with van der Waals surface area (Å²) in [5.74, 6) is 0.914. The first-order chi connectivity index (χ1) is 11.5. The molecule has 0 aliphatic heterocycles. The molecule has 3 rings (SSSR count). The first-order valence-electron chi connectivity index (χ1n) is 6.87. The standard InChI is InChI=1S/C15H12BrN3O3S2/c1-8(20)17-6-9-2-3-11(22-9)10-7-23-15(18-10)19-14(21)12-4-5-13(16)24-12/h2-5,7H,6H2,1H3,(H,17,20)(H,18,19,21). The quantitative estimate of drug-likeness (QED) is 0.643. The molecule has 9 heteroatoms. The molecular weight excluding hydrogens is 414 g/mol. The van der Waals surface area contributed by atoms with Gasteiger partial charge in [0.05, 0.1) is 15.2 Å². The Morgan fingerprint density at radius 2 is 2.12 bits per heavy atom. The number of halogens is 1. The van der Waals surface area contributed by atoms with Gasteiger partial charge < -0.3 is 9.73 Å². The van der Waals surface area contributed by atoms with E-state index < -0.39 is 0 Å². The molecule has 3 aromatic heterocycles. The summed E-state index contributed by atoms with van der Waals surface area (Å²) in [6, 6.07) is 7.14. The molecule has 3 heterocycles. The third-order valence-corrected chi connectivity index (χ3v) is 5.33. The Morgan fingerprint density at radius 1 is 1.29 bits per heavy atom. The Hall–Kier alpha value is -1.97. The van der Waals surface area contributed by atoms with E-state index in [2.05, 4.69) is 31.5 Å². The van der Waals surface area contributed by atoms with Gasteiger partial charge in [-0.25, -0.2) is 4.98 Å². The van der Waals surface area contributed by atoms with Gasteiger partial charge in [-0.05, 0) is 40.2 Å². The summed E-state index contributed by atoms with van der Waals surface area (Å²) in [5.41, 5.74) is 0.636.